The molecule has 0 bridgehead atoms. The number of hydrogen-bond donors (Lipinski definition) is 4. The highest BCUT2D eigenvalue weighted by molar-refractivity contribution is 6.30. The highest BCUT2D eigenvalue weighted by atomic mass is 35.5. The summed E-state index contributed by atoms with van der Waals surface area (Å²) in [7, 11) is 0. The summed E-state index contributed by atoms with van der Waals surface area (Å²) in [6.07, 6.45) is 0.447. The minimum Gasteiger partial charge on any atom is -0.368 e. The molecule has 0 aliphatic carbocycles. The summed E-state index contributed by atoms with van der Waals surface area (Å²) in [6, 6.07) is 15.5. The van der Waals surface area contributed by atoms with Gasteiger partial charge < -0.3 is 11.1 Å². The molecular formula is C19H19ClN6O2. The van der Waals surface area contributed by atoms with E-state index >= 15 is 0 Å². The molecule has 0 fully saturated rings. The number of carbonyl (C=O) groups is 2. The Kier molecular flexibility index (Phi) is 6.23. The second kappa shape index (κ2) is 9.01. The maximum atomic E-state index is 12.7. The first-order valence-electron chi connectivity index (χ1n) is 8.56. The van der Waals surface area contributed by atoms with Crippen LogP contribution >= 0.6 is 11.6 Å². The van der Waals surface area contributed by atoms with Gasteiger partial charge in [-0.1, -0.05) is 54.1 Å². The Balaban J connectivity index is 1.71. The minimum atomic E-state index is -0.822. The van der Waals surface area contributed by atoms with Crippen molar-refractivity contribution in [1.82, 2.24) is 20.5 Å². The maximum absolute atomic E-state index is 12.7. The van der Waals surface area contributed by atoms with Crippen LogP contribution in [0.15, 0.2) is 54.6 Å². The predicted octanol–water partition coefficient (Wildman–Crippen LogP) is 1.95. The lowest BCUT2D eigenvalue weighted by atomic mass is 10.0. The van der Waals surface area contributed by atoms with Gasteiger partial charge in [-0.05, 0) is 23.3 Å². The number of amides is 2. The Morgan fingerprint density at radius 3 is 2.43 bits per heavy atom. The standard InChI is InChI=1S/C19H19ClN6O2/c20-14-8-6-13(7-9-14)10-15(17(28)23-19-24-18(21)25-26-19)22-16(27)11-12-4-2-1-3-5-12/h1-9,15H,10-11H2,(H,22,27)(H4,21,23,24,25,26,28)/t15-/m1/s1. The van der Waals surface area contributed by atoms with Gasteiger partial charge in [-0.2, -0.15) is 4.98 Å². The highest BCUT2D eigenvalue weighted by Crippen LogP contribution is 2.12. The van der Waals surface area contributed by atoms with Gasteiger partial charge in [0.1, 0.15) is 6.04 Å². The van der Waals surface area contributed by atoms with Crippen molar-refractivity contribution in [2.45, 2.75) is 18.9 Å². The normalized spacial score (nSPS) is 11.6. The Morgan fingerprint density at radius 2 is 1.79 bits per heavy atom. The number of nitrogens with zero attached hydrogens (tertiary/aromatic N) is 2. The van der Waals surface area contributed by atoms with Crippen LogP contribution < -0.4 is 16.4 Å². The molecule has 0 spiro atoms. The molecule has 0 aliphatic heterocycles. The Labute approximate surface area is 166 Å². The van der Waals surface area contributed by atoms with E-state index in [0.29, 0.717) is 5.02 Å². The van der Waals surface area contributed by atoms with Crippen LogP contribution in [0.4, 0.5) is 11.9 Å². The Morgan fingerprint density at radius 1 is 1.07 bits per heavy atom. The number of anilines is 2. The number of nitrogens with one attached hydrogen (secondary N) is 3. The van der Waals surface area contributed by atoms with E-state index in [2.05, 4.69) is 25.8 Å². The van der Waals surface area contributed by atoms with Gasteiger partial charge in [-0.25, -0.2) is 5.10 Å². The topological polar surface area (TPSA) is 126 Å². The van der Waals surface area contributed by atoms with Crippen molar-refractivity contribution in [2.24, 2.45) is 0 Å². The average molecular weight is 399 g/mol. The van der Waals surface area contributed by atoms with Crippen LogP contribution in [0, 0.1) is 0 Å². The number of rotatable bonds is 7. The van der Waals surface area contributed by atoms with Crippen LogP contribution in [0.5, 0.6) is 0 Å². The van der Waals surface area contributed by atoms with Crippen molar-refractivity contribution < 1.29 is 9.59 Å². The summed E-state index contributed by atoms with van der Waals surface area (Å²) in [5.74, 6) is -0.594. The molecule has 8 nitrogen and oxygen atoms in total. The largest absolute Gasteiger partial charge is 0.368 e. The minimum absolute atomic E-state index is 0.0425. The van der Waals surface area contributed by atoms with E-state index in [0.717, 1.165) is 11.1 Å². The molecule has 1 heterocycles. The molecule has 9 heteroatoms. The lowest BCUT2D eigenvalue weighted by Crippen LogP contribution is -2.46. The zero-order valence-electron chi connectivity index (χ0n) is 14.9. The second-order valence-electron chi connectivity index (χ2n) is 6.15. The van der Waals surface area contributed by atoms with E-state index in [4.69, 9.17) is 17.3 Å². The first-order valence-corrected chi connectivity index (χ1v) is 8.94. The third-order valence-corrected chi connectivity index (χ3v) is 4.20. The number of nitrogens with two attached hydrogens (primary N) is 1. The van der Waals surface area contributed by atoms with Crippen molar-refractivity contribution in [1.29, 1.82) is 0 Å². The highest BCUT2D eigenvalue weighted by Gasteiger charge is 2.22. The summed E-state index contributed by atoms with van der Waals surface area (Å²) in [6.45, 7) is 0. The predicted molar refractivity (Wildman–Crippen MR) is 107 cm³/mol. The molecule has 0 aliphatic rings. The number of hydrogen-bond acceptors (Lipinski definition) is 5. The van der Waals surface area contributed by atoms with Crippen LogP contribution in [0.2, 0.25) is 5.02 Å². The van der Waals surface area contributed by atoms with Gasteiger partial charge in [0.25, 0.3) is 0 Å². The molecule has 28 heavy (non-hydrogen) atoms. The number of H-pyrrole nitrogens is 1. The van der Waals surface area contributed by atoms with Crippen LogP contribution in [0.3, 0.4) is 0 Å². The van der Waals surface area contributed by atoms with Gasteiger partial charge in [0.05, 0.1) is 6.42 Å². The van der Waals surface area contributed by atoms with Gasteiger partial charge in [0.15, 0.2) is 0 Å². The zero-order chi connectivity index (χ0) is 19.9. The molecule has 0 saturated heterocycles. The van der Waals surface area contributed by atoms with Crippen molar-refractivity contribution in [2.75, 3.05) is 11.1 Å². The van der Waals surface area contributed by atoms with E-state index in [1.807, 2.05) is 30.3 Å². The van der Waals surface area contributed by atoms with Crippen molar-refractivity contribution in [3.8, 4) is 0 Å². The summed E-state index contributed by atoms with van der Waals surface area (Å²) >= 11 is 5.91. The van der Waals surface area contributed by atoms with Gasteiger partial charge in [0, 0.05) is 11.4 Å². The molecule has 144 valence electrons. The number of benzene rings is 2. The third kappa shape index (κ3) is 5.55. The maximum Gasteiger partial charge on any atom is 0.250 e. The van der Waals surface area contributed by atoms with E-state index in [-0.39, 0.29) is 30.6 Å². The van der Waals surface area contributed by atoms with Gasteiger partial charge in [0.2, 0.25) is 23.7 Å². The number of nitrogen functional groups attached to an aromatic ring is 1. The summed E-state index contributed by atoms with van der Waals surface area (Å²) in [5.41, 5.74) is 7.17. The second-order valence-corrected chi connectivity index (χ2v) is 6.58. The van der Waals surface area contributed by atoms with Crippen LogP contribution in [-0.4, -0.2) is 33.0 Å². The molecule has 0 radical (unpaired) electrons. The zero-order valence-corrected chi connectivity index (χ0v) is 15.6. The smallest absolute Gasteiger partial charge is 0.250 e. The molecule has 3 aromatic rings. The number of halogens is 1. The fourth-order valence-electron chi connectivity index (χ4n) is 2.62. The molecule has 0 saturated carbocycles. The first-order chi connectivity index (χ1) is 13.5. The lowest BCUT2D eigenvalue weighted by Gasteiger charge is -2.18. The van der Waals surface area contributed by atoms with Gasteiger partial charge in [-0.3, -0.25) is 14.9 Å². The van der Waals surface area contributed by atoms with E-state index in [9.17, 15) is 9.59 Å². The number of aromatic nitrogens is 3. The molecule has 5 N–H and O–H groups in total. The molecule has 2 aromatic carbocycles. The molecule has 0 unspecified atom stereocenters. The van der Waals surface area contributed by atoms with Crippen molar-refractivity contribution in [3.05, 3.63) is 70.7 Å². The fourth-order valence-corrected chi connectivity index (χ4v) is 2.75. The van der Waals surface area contributed by atoms with Gasteiger partial charge in [-0.15, -0.1) is 5.10 Å². The van der Waals surface area contributed by atoms with Crippen LogP contribution in [-0.2, 0) is 22.4 Å². The van der Waals surface area contributed by atoms with Crippen molar-refractivity contribution >= 4 is 35.3 Å². The SMILES string of the molecule is Nc1nc(NC(=O)[C@@H](Cc2ccc(Cl)cc2)NC(=O)Cc2ccccc2)n[nH]1. The Bertz CT molecular complexity index is 943. The van der Waals surface area contributed by atoms with Gasteiger partial charge >= 0.3 is 0 Å². The summed E-state index contributed by atoms with van der Waals surface area (Å²) in [4.78, 5) is 29.0. The van der Waals surface area contributed by atoms with Crippen LogP contribution in [0.1, 0.15) is 11.1 Å². The van der Waals surface area contributed by atoms with E-state index in [1.54, 1.807) is 24.3 Å². The monoisotopic (exact) mass is 398 g/mol. The van der Waals surface area contributed by atoms with Crippen LogP contribution in [0.25, 0.3) is 0 Å². The molecule has 1 atom stereocenters. The van der Waals surface area contributed by atoms with E-state index in [1.165, 1.54) is 0 Å². The summed E-state index contributed by atoms with van der Waals surface area (Å²) in [5, 5.41) is 12.1. The molecular weight excluding hydrogens is 380 g/mol. The Hall–Kier alpha value is -3.39. The third-order valence-electron chi connectivity index (χ3n) is 3.95. The number of aromatic amines is 1. The lowest BCUT2D eigenvalue weighted by molar-refractivity contribution is -0.126. The number of carbonyl (C=O) groups excluding carboxylic acids is 2. The summed E-state index contributed by atoms with van der Waals surface area (Å²) < 4.78 is 0. The van der Waals surface area contributed by atoms with Crippen molar-refractivity contribution in [3.63, 3.8) is 0 Å². The fraction of sp³-hybridized carbons (Fsp3) is 0.158. The molecule has 2 amide bonds. The quantitative estimate of drug-likeness (QED) is 0.484. The molecule has 3 rings (SSSR count). The molecule has 1 aromatic heterocycles. The van der Waals surface area contributed by atoms with E-state index < -0.39 is 11.9 Å². The average Bonchev–Trinajstić information content (AvgIpc) is 3.08. The first kappa shape index (κ1) is 19.4.